The van der Waals surface area contributed by atoms with Crippen molar-refractivity contribution < 1.29 is 13.2 Å². The molecule has 62 heavy (non-hydrogen) atoms. The summed E-state index contributed by atoms with van der Waals surface area (Å²) >= 11 is 0. The van der Waals surface area contributed by atoms with Crippen LogP contribution in [0.2, 0.25) is 0 Å². The van der Waals surface area contributed by atoms with E-state index in [-0.39, 0.29) is 16.7 Å². The van der Waals surface area contributed by atoms with E-state index in [0.717, 1.165) is 83.6 Å². The molecule has 0 aliphatic rings. The Morgan fingerprint density at radius 1 is 0.452 bits per heavy atom. The van der Waals surface area contributed by atoms with E-state index < -0.39 is 11.7 Å². The molecular weight excluding hydrogens is 774 g/mol. The molecule has 0 unspecified atom stereocenters. The summed E-state index contributed by atoms with van der Waals surface area (Å²) in [6.07, 6.45) is -4.71. The SMILES string of the molecule is Cc1ccc(-c2ccc3c(c2)c2ccccc2n3-c2ccc(-c3cc(C#N)cc(C(F)(F)F)c3)c(-n3c4ccccc4c4cc(-c5ccc(C)cc5C)ccc43)c2C#N)c(C)c1. The Balaban J connectivity index is 1.31. The first-order valence-electron chi connectivity index (χ1n) is 20.4. The van der Waals surface area contributed by atoms with Crippen molar-refractivity contribution in [3.05, 3.63) is 191 Å². The van der Waals surface area contributed by atoms with Crippen LogP contribution in [-0.2, 0) is 6.18 Å². The van der Waals surface area contributed by atoms with Crippen molar-refractivity contribution in [2.75, 3.05) is 0 Å². The highest BCUT2D eigenvalue weighted by atomic mass is 19.4. The number of hydrogen-bond donors (Lipinski definition) is 0. The van der Waals surface area contributed by atoms with Gasteiger partial charge in [-0.15, -0.1) is 0 Å². The molecule has 0 N–H and O–H groups in total. The Labute approximate surface area is 356 Å². The number of hydrogen-bond acceptors (Lipinski definition) is 2. The molecule has 0 saturated heterocycles. The lowest BCUT2D eigenvalue weighted by Gasteiger charge is -2.21. The monoisotopic (exact) mass is 810 g/mol. The second kappa shape index (κ2) is 14.4. The number of rotatable bonds is 5. The van der Waals surface area contributed by atoms with Crippen molar-refractivity contribution in [2.24, 2.45) is 0 Å². The van der Waals surface area contributed by atoms with Gasteiger partial charge in [0.1, 0.15) is 11.6 Å². The predicted octanol–water partition coefficient (Wildman–Crippen LogP) is 14.9. The molecule has 298 valence electrons. The van der Waals surface area contributed by atoms with E-state index in [1.807, 2.05) is 65.2 Å². The number of benzene rings is 8. The molecule has 4 nitrogen and oxygen atoms in total. The van der Waals surface area contributed by atoms with Crippen molar-refractivity contribution >= 4 is 43.6 Å². The van der Waals surface area contributed by atoms with Crippen LogP contribution in [0.5, 0.6) is 0 Å². The summed E-state index contributed by atoms with van der Waals surface area (Å²) < 4.78 is 47.6. The molecule has 0 spiro atoms. The maximum atomic E-state index is 14.5. The molecule has 0 aliphatic heterocycles. The standard InChI is InChI=1S/C55H37F3N4/c1-32-13-17-41(34(3)23-32)37-15-20-51-46(28-37)44-9-5-7-11-49(44)61(51)53-22-19-43(39-25-36(30-59)26-40(27-39)55(56,57)58)54(48(53)31-60)62-50-12-8-6-10-45(50)47-29-38(16-21-52(47)62)42-18-14-33(2)24-35(42)4/h5-29H,1-4H3. The first-order valence-corrected chi connectivity index (χ1v) is 20.4. The highest BCUT2D eigenvalue weighted by Gasteiger charge is 2.32. The third-order valence-corrected chi connectivity index (χ3v) is 12.2. The van der Waals surface area contributed by atoms with Crippen LogP contribution in [0.4, 0.5) is 13.2 Å². The molecule has 10 rings (SSSR count). The van der Waals surface area contributed by atoms with Crippen molar-refractivity contribution in [1.29, 1.82) is 10.5 Å². The van der Waals surface area contributed by atoms with Crippen molar-refractivity contribution in [1.82, 2.24) is 9.13 Å². The lowest BCUT2D eigenvalue weighted by atomic mass is 9.95. The average Bonchev–Trinajstić information content (AvgIpc) is 3.77. The largest absolute Gasteiger partial charge is 0.416 e. The van der Waals surface area contributed by atoms with E-state index in [4.69, 9.17) is 0 Å². The third-order valence-electron chi connectivity index (χ3n) is 12.2. The number of nitrogens with zero attached hydrogens (tertiary/aromatic N) is 4. The minimum Gasteiger partial charge on any atom is -0.308 e. The summed E-state index contributed by atoms with van der Waals surface area (Å²) in [5.41, 5.74) is 13.0. The normalized spacial score (nSPS) is 11.8. The van der Waals surface area contributed by atoms with E-state index in [1.165, 1.54) is 22.8 Å². The van der Waals surface area contributed by atoms with Gasteiger partial charge in [0.2, 0.25) is 0 Å². The van der Waals surface area contributed by atoms with Gasteiger partial charge in [0.25, 0.3) is 0 Å². The van der Waals surface area contributed by atoms with Crippen molar-refractivity contribution in [3.8, 4) is 56.9 Å². The Morgan fingerprint density at radius 2 is 0.968 bits per heavy atom. The topological polar surface area (TPSA) is 57.4 Å². The smallest absolute Gasteiger partial charge is 0.308 e. The quantitative estimate of drug-likeness (QED) is 0.174. The maximum Gasteiger partial charge on any atom is 0.416 e. The fourth-order valence-electron chi connectivity index (χ4n) is 9.41. The lowest BCUT2D eigenvalue weighted by Crippen LogP contribution is -2.08. The van der Waals surface area contributed by atoms with Gasteiger partial charge in [-0.05, 0) is 127 Å². The van der Waals surface area contributed by atoms with Crippen LogP contribution in [0.25, 0.3) is 88.4 Å². The molecule has 10 aromatic rings. The fraction of sp³-hybridized carbons (Fsp3) is 0.0909. The number of halogens is 3. The second-order valence-electron chi connectivity index (χ2n) is 16.2. The van der Waals surface area contributed by atoms with E-state index >= 15 is 0 Å². The molecule has 0 atom stereocenters. The highest BCUT2D eigenvalue weighted by molar-refractivity contribution is 6.13. The van der Waals surface area contributed by atoms with Gasteiger partial charge in [-0.3, -0.25) is 0 Å². The van der Waals surface area contributed by atoms with Gasteiger partial charge in [0.05, 0.1) is 50.6 Å². The third kappa shape index (κ3) is 6.13. The van der Waals surface area contributed by atoms with Crippen LogP contribution in [0.15, 0.2) is 152 Å². The van der Waals surface area contributed by atoms with E-state index in [1.54, 1.807) is 6.07 Å². The summed E-state index contributed by atoms with van der Waals surface area (Å²) in [4.78, 5) is 0. The van der Waals surface area contributed by atoms with Gasteiger partial charge in [0.15, 0.2) is 0 Å². The molecule has 7 heteroatoms. The summed E-state index contributed by atoms with van der Waals surface area (Å²) in [6.45, 7) is 8.36. The molecule has 0 aliphatic carbocycles. The zero-order chi connectivity index (χ0) is 43.0. The minimum absolute atomic E-state index is 0.134. The number of aryl methyl sites for hydroxylation is 4. The molecule has 0 bridgehead atoms. The first kappa shape index (κ1) is 38.3. The van der Waals surface area contributed by atoms with Crippen LogP contribution in [0.3, 0.4) is 0 Å². The first-order chi connectivity index (χ1) is 29.9. The van der Waals surface area contributed by atoms with Crippen molar-refractivity contribution in [2.45, 2.75) is 33.9 Å². The molecule has 0 saturated carbocycles. The number of fused-ring (bicyclic) bond motifs is 6. The molecule has 8 aromatic carbocycles. The zero-order valence-corrected chi connectivity index (χ0v) is 34.4. The van der Waals surface area contributed by atoms with Crippen LogP contribution in [0.1, 0.15) is 38.9 Å². The summed E-state index contributed by atoms with van der Waals surface area (Å²) in [7, 11) is 0. The van der Waals surface area contributed by atoms with Crippen LogP contribution in [0, 0.1) is 50.4 Å². The van der Waals surface area contributed by atoms with E-state index in [2.05, 4.69) is 111 Å². The van der Waals surface area contributed by atoms with E-state index in [0.29, 0.717) is 16.9 Å². The Bertz CT molecular complexity index is 3590. The predicted molar refractivity (Wildman–Crippen MR) is 245 cm³/mol. The molecule has 0 amide bonds. The lowest BCUT2D eigenvalue weighted by molar-refractivity contribution is -0.137. The number of alkyl halides is 3. The summed E-state index contributed by atoms with van der Waals surface area (Å²) in [6, 6.07) is 52.9. The van der Waals surface area contributed by atoms with Crippen LogP contribution in [-0.4, -0.2) is 9.13 Å². The molecule has 0 radical (unpaired) electrons. The Morgan fingerprint density at radius 3 is 1.50 bits per heavy atom. The van der Waals surface area contributed by atoms with Gasteiger partial charge in [-0.1, -0.05) is 102 Å². The Hall–Kier alpha value is -7.87. The van der Waals surface area contributed by atoms with Crippen molar-refractivity contribution in [3.63, 3.8) is 0 Å². The molecule has 2 heterocycles. The van der Waals surface area contributed by atoms with Gasteiger partial charge >= 0.3 is 6.18 Å². The second-order valence-corrected chi connectivity index (χ2v) is 16.2. The zero-order valence-electron chi connectivity index (χ0n) is 34.4. The van der Waals surface area contributed by atoms with Crippen LogP contribution < -0.4 is 0 Å². The Kier molecular flexibility index (Phi) is 8.91. The highest BCUT2D eigenvalue weighted by Crippen LogP contribution is 2.44. The van der Waals surface area contributed by atoms with Gasteiger partial charge in [0, 0.05) is 27.1 Å². The summed E-state index contributed by atoms with van der Waals surface area (Å²) in [5.74, 6) is 0. The summed E-state index contributed by atoms with van der Waals surface area (Å²) in [5, 5.41) is 25.4. The maximum absolute atomic E-state index is 14.5. The van der Waals surface area contributed by atoms with E-state index in [9.17, 15) is 23.7 Å². The van der Waals surface area contributed by atoms with Gasteiger partial charge in [-0.2, -0.15) is 23.7 Å². The molecule has 2 aromatic heterocycles. The number of nitriles is 2. The fourth-order valence-corrected chi connectivity index (χ4v) is 9.41. The van der Waals surface area contributed by atoms with Crippen LogP contribution >= 0.6 is 0 Å². The molecule has 0 fully saturated rings. The van der Waals surface area contributed by atoms with Gasteiger partial charge in [-0.25, -0.2) is 0 Å². The average molecular weight is 811 g/mol. The van der Waals surface area contributed by atoms with Gasteiger partial charge < -0.3 is 9.13 Å². The molecular formula is C55H37F3N4. The minimum atomic E-state index is -4.71. The number of aromatic nitrogens is 2. The number of para-hydroxylation sites is 2.